The highest BCUT2D eigenvalue weighted by Crippen LogP contribution is 2.48. The number of hydrogen-bond acceptors (Lipinski definition) is 7. The number of aliphatic hydroxyl groups is 1. The number of nitriles is 2. The van der Waals surface area contributed by atoms with E-state index in [9.17, 15) is 15.6 Å². The Balaban J connectivity index is 2.36. The lowest BCUT2D eigenvalue weighted by atomic mass is 9.95. The summed E-state index contributed by atoms with van der Waals surface area (Å²) in [5, 5.41) is 37.7. The fourth-order valence-corrected chi connectivity index (χ4v) is 4.53. The van der Waals surface area contributed by atoms with Crippen LogP contribution in [-0.2, 0) is 5.72 Å². The van der Waals surface area contributed by atoms with E-state index in [1.165, 1.54) is 22.7 Å². The summed E-state index contributed by atoms with van der Waals surface area (Å²) in [6.07, 6.45) is 0. The van der Waals surface area contributed by atoms with Crippen LogP contribution in [0.25, 0.3) is 5.57 Å². The Morgan fingerprint density at radius 1 is 1.16 bits per heavy atom. The van der Waals surface area contributed by atoms with Gasteiger partial charge in [-0.1, -0.05) is 0 Å². The number of thiophene rings is 2. The maximum Gasteiger partial charge on any atom is 0.221 e. The highest BCUT2D eigenvalue weighted by molar-refractivity contribution is 7.13. The van der Waals surface area contributed by atoms with Crippen molar-refractivity contribution in [2.24, 2.45) is 4.99 Å². The molecule has 0 aliphatic carbocycles. The molecule has 1 unspecified atom stereocenters. The minimum absolute atomic E-state index is 0.00889. The second kappa shape index (κ2) is 6.25. The van der Waals surface area contributed by atoms with E-state index in [2.05, 4.69) is 11.1 Å². The molecule has 3 heterocycles. The Hall–Kier alpha value is -2.80. The number of aryl methyl sites for hydroxylation is 2. The molecule has 1 aliphatic heterocycles. The van der Waals surface area contributed by atoms with Gasteiger partial charge in [-0.25, -0.2) is 4.99 Å². The summed E-state index contributed by atoms with van der Waals surface area (Å²) in [5.41, 5.74) is -1.46. The molecular weight excluding hydrogens is 352 g/mol. The third kappa shape index (κ3) is 2.66. The summed E-state index contributed by atoms with van der Waals surface area (Å²) in [5.74, 6) is 2.01. The molecule has 2 aromatic rings. The van der Waals surface area contributed by atoms with Gasteiger partial charge in [-0.3, -0.25) is 5.41 Å². The van der Waals surface area contributed by atoms with Gasteiger partial charge in [-0.05, 0) is 44.0 Å². The molecule has 0 radical (unpaired) electrons. The van der Waals surface area contributed by atoms with Crippen LogP contribution in [0.5, 0.6) is 0 Å². The van der Waals surface area contributed by atoms with Crippen molar-refractivity contribution in [3.63, 3.8) is 0 Å². The molecule has 2 N–H and O–H groups in total. The fraction of sp³-hybridized carbons (Fsp3) is 0.167. The summed E-state index contributed by atoms with van der Waals surface area (Å²) >= 11 is 2.81. The summed E-state index contributed by atoms with van der Waals surface area (Å²) in [4.78, 5) is 7.62. The Morgan fingerprint density at radius 3 is 2.32 bits per heavy atom. The standard InChI is InChI=1S/C18H12N4OS2/c1-10-3-5-14(24-10)16-13(9-21)17(12(7-19)8-20)22-18(16,23)15-6-4-11(2)25-15/h3-6,19,23H,1-2H3. The van der Waals surface area contributed by atoms with Gasteiger partial charge in [-0.2, -0.15) is 10.5 Å². The molecule has 5 nitrogen and oxygen atoms in total. The minimum Gasteiger partial charge on any atom is -0.361 e. The van der Waals surface area contributed by atoms with Crippen LogP contribution in [0.4, 0.5) is 0 Å². The molecule has 0 spiro atoms. The number of rotatable bonds is 3. The maximum absolute atomic E-state index is 11.4. The first-order chi connectivity index (χ1) is 11.9. The number of aliphatic imine (C=N–C) groups is 1. The molecule has 7 heteroatoms. The number of hydrogen-bond donors (Lipinski definition) is 2. The first-order valence-corrected chi connectivity index (χ1v) is 8.89. The van der Waals surface area contributed by atoms with E-state index in [0.717, 1.165) is 9.75 Å². The van der Waals surface area contributed by atoms with Gasteiger partial charge in [-0.15, -0.1) is 22.7 Å². The molecule has 3 rings (SSSR count). The Kier molecular flexibility index (Phi) is 4.26. The highest BCUT2D eigenvalue weighted by atomic mass is 32.1. The second-order valence-electron chi connectivity index (χ2n) is 5.43. The van der Waals surface area contributed by atoms with Crippen molar-refractivity contribution >= 4 is 39.8 Å². The molecule has 1 atom stereocenters. The topological polar surface area (TPSA) is 104 Å². The van der Waals surface area contributed by atoms with Crippen LogP contribution in [0.15, 0.2) is 40.4 Å². The van der Waals surface area contributed by atoms with Gasteiger partial charge in [0.05, 0.1) is 10.5 Å². The van der Waals surface area contributed by atoms with Crippen molar-refractivity contribution in [3.8, 4) is 12.1 Å². The summed E-state index contributed by atoms with van der Waals surface area (Å²) in [7, 11) is 0. The van der Waals surface area contributed by atoms with Crippen LogP contribution >= 0.6 is 22.7 Å². The monoisotopic (exact) mass is 364 g/mol. The van der Waals surface area contributed by atoms with Gasteiger partial charge in [0.15, 0.2) is 0 Å². The van der Waals surface area contributed by atoms with E-state index in [1.54, 1.807) is 6.07 Å². The van der Waals surface area contributed by atoms with Crippen molar-refractivity contribution in [1.82, 2.24) is 0 Å². The normalized spacial score (nSPS) is 19.2. The third-order valence-electron chi connectivity index (χ3n) is 3.77. The Bertz CT molecular complexity index is 1070. The number of nitrogens with one attached hydrogen (secondary N) is 1. The lowest BCUT2D eigenvalue weighted by Gasteiger charge is -2.21. The summed E-state index contributed by atoms with van der Waals surface area (Å²) in [6, 6.07) is 11.2. The van der Waals surface area contributed by atoms with E-state index in [-0.39, 0.29) is 16.9 Å². The van der Waals surface area contributed by atoms with Gasteiger partial charge >= 0.3 is 0 Å². The maximum atomic E-state index is 11.4. The van der Waals surface area contributed by atoms with Crippen molar-refractivity contribution in [3.05, 3.63) is 54.9 Å². The largest absolute Gasteiger partial charge is 0.361 e. The lowest BCUT2D eigenvalue weighted by Crippen LogP contribution is -2.21. The van der Waals surface area contributed by atoms with Crippen molar-refractivity contribution in [2.45, 2.75) is 19.6 Å². The average Bonchev–Trinajstić information content (AvgIpc) is 3.27. The van der Waals surface area contributed by atoms with Crippen molar-refractivity contribution in [2.75, 3.05) is 0 Å². The van der Waals surface area contributed by atoms with E-state index in [1.807, 2.05) is 44.0 Å². The summed E-state index contributed by atoms with van der Waals surface area (Å²) in [6.45, 7) is 3.85. The molecule has 0 saturated carbocycles. The fourth-order valence-electron chi connectivity index (χ4n) is 2.66. The molecular formula is C18H12N4OS2. The molecule has 1 aliphatic rings. The van der Waals surface area contributed by atoms with Crippen LogP contribution in [-0.4, -0.2) is 16.7 Å². The van der Waals surface area contributed by atoms with Gasteiger partial charge in [0, 0.05) is 20.2 Å². The van der Waals surface area contributed by atoms with Crippen LogP contribution in [0.1, 0.15) is 19.5 Å². The van der Waals surface area contributed by atoms with Gasteiger partial charge in [0.1, 0.15) is 23.4 Å². The zero-order chi connectivity index (χ0) is 18.2. The predicted molar refractivity (Wildman–Crippen MR) is 98.8 cm³/mol. The van der Waals surface area contributed by atoms with Gasteiger partial charge in [0.2, 0.25) is 5.72 Å². The van der Waals surface area contributed by atoms with E-state index < -0.39 is 5.72 Å². The van der Waals surface area contributed by atoms with E-state index in [0.29, 0.717) is 15.3 Å². The first kappa shape index (κ1) is 17.0. The Labute approximate surface area is 152 Å². The zero-order valence-corrected chi connectivity index (χ0v) is 15.0. The van der Waals surface area contributed by atoms with Crippen LogP contribution in [0, 0.1) is 41.9 Å². The average molecular weight is 364 g/mol. The molecule has 122 valence electrons. The second-order valence-corrected chi connectivity index (χ2v) is 8.00. The van der Waals surface area contributed by atoms with Gasteiger partial charge in [0.25, 0.3) is 0 Å². The molecule has 0 fully saturated rings. The van der Waals surface area contributed by atoms with E-state index in [4.69, 9.17) is 5.41 Å². The molecule has 2 aromatic heterocycles. The molecule has 0 saturated heterocycles. The minimum atomic E-state index is -1.75. The molecule has 0 amide bonds. The smallest absolute Gasteiger partial charge is 0.221 e. The molecule has 25 heavy (non-hydrogen) atoms. The molecule has 0 aromatic carbocycles. The SMILES string of the molecule is Cc1ccc(C2=C(C#N)C(C(=C=N)C#N)=NC2(O)c2ccc(C)s2)s1. The van der Waals surface area contributed by atoms with Crippen LogP contribution < -0.4 is 0 Å². The first-order valence-electron chi connectivity index (χ1n) is 7.26. The van der Waals surface area contributed by atoms with Gasteiger partial charge < -0.3 is 5.11 Å². The Morgan fingerprint density at radius 2 is 1.84 bits per heavy atom. The van der Waals surface area contributed by atoms with Crippen molar-refractivity contribution in [1.29, 1.82) is 15.9 Å². The van der Waals surface area contributed by atoms with Crippen LogP contribution in [0.2, 0.25) is 0 Å². The number of nitrogens with zero attached hydrogens (tertiary/aromatic N) is 3. The predicted octanol–water partition coefficient (Wildman–Crippen LogP) is 3.70. The third-order valence-corrected chi connectivity index (χ3v) is 5.88. The van der Waals surface area contributed by atoms with Crippen LogP contribution in [0.3, 0.4) is 0 Å². The zero-order valence-electron chi connectivity index (χ0n) is 13.4. The quantitative estimate of drug-likeness (QED) is 0.641. The highest BCUT2D eigenvalue weighted by Gasteiger charge is 2.45. The van der Waals surface area contributed by atoms with Crippen molar-refractivity contribution < 1.29 is 5.11 Å². The van der Waals surface area contributed by atoms with E-state index >= 15 is 0 Å². The lowest BCUT2D eigenvalue weighted by molar-refractivity contribution is 0.118. The summed E-state index contributed by atoms with van der Waals surface area (Å²) < 4.78 is 0. The molecule has 0 bridgehead atoms. The number of allylic oxidation sites excluding steroid dienone is 2.